The third kappa shape index (κ3) is 3.24. The van der Waals surface area contributed by atoms with Crippen molar-refractivity contribution in [1.82, 2.24) is 9.47 Å². The molecule has 0 aromatic carbocycles. The lowest BCUT2D eigenvalue weighted by Crippen LogP contribution is -2.55. The zero-order valence-electron chi connectivity index (χ0n) is 15.0. The first-order valence-electron chi connectivity index (χ1n) is 9.83. The summed E-state index contributed by atoms with van der Waals surface area (Å²) in [6.07, 6.45) is 11.5. The average molecular weight is 346 g/mol. The zero-order chi connectivity index (χ0) is 17.3. The molecular formula is C20H30N2O3. The first-order chi connectivity index (χ1) is 12.1. The van der Waals surface area contributed by atoms with Gasteiger partial charge in [0.15, 0.2) is 0 Å². The first kappa shape index (κ1) is 17.1. The van der Waals surface area contributed by atoms with Crippen molar-refractivity contribution in [3.8, 4) is 0 Å². The quantitative estimate of drug-likeness (QED) is 0.915. The van der Waals surface area contributed by atoms with Gasteiger partial charge in [0.1, 0.15) is 0 Å². The molecule has 138 valence electrons. The van der Waals surface area contributed by atoms with E-state index in [1.165, 1.54) is 6.42 Å². The van der Waals surface area contributed by atoms with E-state index in [-0.39, 0.29) is 17.4 Å². The monoisotopic (exact) mass is 346 g/mol. The molecule has 1 aliphatic carbocycles. The predicted octanol–water partition coefficient (Wildman–Crippen LogP) is 2.54. The highest BCUT2D eigenvalue weighted by Crippen LogP contribution is 2.41. The van der Waals surface area contributed by atoms with E-state index in [4.69, 9.17) is 4.74 Å². The lowest BCUT2D eigenvalue weighted by molar-refractivity contribution is -0.146. The van der Waals surface area contributed by atoms with Gasteiger partial charge in [0.25, 0.3) is 0 Å². The summed E-state index contributed by atoms with van der Waals surface area (Å²) in [4.78, 5) is 15.2. The highest BCUT2D eigenvalue weighted by molar-refractivity contribution is 5.77. The molecule has 1 saturated carbocycles. The van der Waals surface area contributed by atoms with E-state index in [0.29, 0.717) is 26.2 Å². The fraction of sp³-hybridized carbons (Fsp3) is 0.750. The van der Waals surface area contributed by atoms with Crippen molar-refractivity contribution in [2.45, 2.75) is 62.5 Å². The van der Waals surface area contributed by atoms with Gasteiger partial charge < -0.3 is 19.3 Å². The molecule has 5 nitrogen and oxygen atoms in total. The van der Waals surface area contributed by atoms with Crippen LogP contribution in [0.25, 0.3) is 0 Å². The van der Waals surface area contributed by atoms with Crippen LogP contribution in [0, 0.1) is 5.92 Å². The van der Waals surface area contributed by atoms with E-state index in [2.05, 4.69) is 17.0 Å². The number of carbonyl (C=O) groups excluding carboxylic acids is 1. The average Bonchev–Trinajstić information content (AvgIpc) is 3.17. The smallest absolute Gasteiger partial charge is 0.224 e. The van der Waals surface area contributed by atoms with Crippen LogP contribution < -0.4 is 0 Å². The van der Waals surface area contributed by atoms with Gasteiger partial charge >= 0.3 is 0 Å². The van der Waals surface area contributed by atoms with E-state index in [0.717, 1.165) is 45.1 Å². The standard InChI is InChI=1S/C20H30N2O3/c23-18(21-12-7-20(24)6-2-1-5-17(20)16-21)15-19(8-13-25-14-9-19)22-10-3-4-11-22/h3-4,10-11,17,24H,1-2,5-9,12-16H2/t17-,20+/m0/s1. The third-order valence-corrected chi connectivity index (χ3v) is 6.84. The maximum Gasteiger partial charge on any atom is 0.224 e. The summed E-state index contributed by atoms with van der Waals surface area (Å²) < 4.78 is 7.78. The first-order valence-corrected chi connectivity index (χ1v) is 9.83. The van der Waals surface area contributed by atoms with Crippen LogP contribution in [0.1, 0.15) is 51.4 Å². The fourth-order valence-electron chi connectivity index (χ4n) is 5.12. The Kier molecular flexibility index (Phi) is 4.63. The Hall–Kier alpha value is -1.33. The minimum absolute atomic E-state index is 0.154. The number of aromatic nitrogens is 1. The molecule has 0 radical (unpaired) electrons. The Morgan fingerprint density at radius 3 is 2.64 bits per heavy atom. The number of ether oxygens (including phenoxy) is 1. The Morgan fingerprint density at radius 1 is 1.12 bits per heavy atom. The highest BCUT2D eigenvalue weighted by Gasteiger charge is 2.45. The lowest BCUT2D eigenvalue weighted by Gasteiger charge is -2.48. The summed E-state index contributed by atoms with van der Waals surface area (Å²) in [5.41, 5.74) is -0.676. The van der Waals surface area contributed by atoms with Crippen molar-refractivity contribution in [3.05, 3.63) is 24.5 Å². The van der Waals surface area contributed by atoms with Crippen molar-refractivity contribution in [3.63, 3.8) is 0 Å². The molecule has 1 amide bonds. The largest absolute Gasteiger partial charge is 0.389 e. The Bertz CT molecular complexity index is 594. The van der Waals surface area contributed by atoms with Crippen molar-refractivity contribution >= 4 is 5.91 Å². The Morgan fingerprint density at radius 2 is 1.88 bits per heavy atom. The zero-order valence-corrected chi connectivity index (χ0v) is 15.0. The van der Waals surface area contributed by atoms with Gasteiger partial charge in [0, 0.05) is 44.6 Å². The number of aliphatic hydroxyl groups is 1. The second-order valence-electron chi connectivity index (χ2n) is 8.24. The molecule has 5 heteroatoms. The normalized spacial score (nSPS) is 32.2. The summed E-state index contributed by atoms with van der Waals surface area (Å²) in [7, 11) is 0. The molecule has 0 spiro atoms. The van der Waals surface area contributed by atoms with E-state index < -0.39 is 5.60 Å². The number of piperidine rings is 1. The van der Waals surface area contributed by atoms with Crippen molar-refractivity contribution in [2.75, 3.05) is 26.3 Å². The number of hydrogen-bond acceptors (Lipinski definition) is 3. The van der Waals surface area contributed by atoms with E-state index >= 15 is 0 Å². The fourth-order valence-corrected chi connectivity index (χ4v) is 5.12. The molecule has 2 atom stereocenters. The number of amides is 1. The summed E-state index contributed by atoms with van der Waals surface area (Å²) >= 11 is 0. The van der Waals surface area contributed by atoms with Gasteiger partial charge in [-0.2, -0.15) is 0 Å². The minimum atomic E-state index is -0.522. The topological polar surface area (TPSA) is 54.7 Å². The number of rotatable bonds is 3. The van der Waals surface area contributed by atoms with Crippen LogP contribution in [0.5, 0.6) is 0 Å². The molecule has 3 heterocycles. The SMILES string of the molecule is O=C(CC1(n2cccc2)CCOCC1)N1CC[C@]2(O)CCCC[C@H]2C1. The number of hydrogen-bond donors (Lipinski definition) is 1. The number of carbonyl (C=O) groups is 1. The predicted molar refractivity (Wildman–Crippen MR) is 95.2 cm³/mol. The number of nitrogens with zero attached hydrogens (tertiary/aromatic N) is 2. The molecule has 0 bridgehead atoms. The summed E-state index contributed by atoms with van der Waals surface area (Å²) in [6.45, 7) is 2.86. The number of likely N-dealkylation sites (tertiary alicyclic amines) is 1. The molecule has 1 aromatic heterocycles. The molecule has 2 aliphatic heterocycles. The molecule has 1 aromatic rings. The van der Waals surface area contributed by atoms with Gasteiger partial charge in [0.05, 0.1) is 17.6 Å². The molecule has 3 fully saturated rings. The Balaban J connectivity index is 1.47. The van der Waals surface area contributed by atoms with E-state index in [1.54, 1.807) is 0 Å². The van der Waals surface area contributed by atoms with Gasteiger partial charge in [0.2, 0.25) is 5.91 Å². The molecule has 3 aliphatic rings. The summed E-state index contributed by atoms with van der Waals surface area (Å²) in [6, 6.07) is 4.06. The molecule has 25 heavy (non-hydrogen) atoms. The number of fused-ring (bicyclic) bond motifs is 1. The summed E-state index contributed by atoms with van der Waals surface area (Å²) in [5.74, 6) is 0.499. The van der Waals surface area contributed by atoms with Crippen LogP contribution in [0.15, 0.2) is 24.5 Å². The second kappa shape index (κ2) is 6.76. The highest BCUT2D eigenvalue weighted by atomic mass is 16.5. The lowest BCUT2D eigenvalue weighted by atomic mass is 9.71. The second-order valence-corrected chi connectivity index (χ2v) is 8.24. The van der Waals surface area contributed by atoms with Crippen molar-refractivity contribution < 1.29 is 14.6 Å². The molecule has 4 rings (SSSR count). The molecular weight excluding hydrogens is 316 g/mol. The summed E-state index contributed by atoms with van der Waals surface area (Å²) in [5, 5.41) is 10.9. The van der Waals surface area contributed by atoms with Gasteiger partial charge in [-0.25, -0.2) is 0 Å². The van der Waals surface area contributed by atoms with Crippen LogP contribution in [-0.2, 0) is 15.1 Å². The van der Waals surface area contributed by atoms with Gasteiger partial charge in [-0.3, -0.25) is 4.79 Å². The maximum absolute atomic E-state index is 13.1. The minimum Gasteiger partial charge on any atom is -0.389 e. The van der Waals surface area contributed by atoms with Crippen LogP contribution >= 0.6 is 0 Å². The van der Waals surface area contributed by atoms with Crippen LogP contribution in [0.4, 0.5) is 0 Å². The van der Waals surface area contributed by atoms with Crippen LogP contribution in [0.2, 0.25) is 0 Å². The van der Waals surface area contributed by atoms with Crippen molar-refractivity contribution in [1.29, 1.82) is 0 Å². The third-order valence-electron chi connectivity index (χ3n) is 6.84. The molecule has 1 N–H and O–H groups in total. The molecule has 2 saturated heterocycles. The van der Waals surface area contributed by atoms with Crippen LogP contribution in [-0.4, -0.2) is 52.4 Å². The van der Waals surface area contributed by atoms with Crippen LogP contribution in [0.3, 0.4) is 0 Å². The Labute approximate surface area is 150 Å². The van der Waals surface area contributed by atoms with E-state index in [9.17, 15) is 9.90 Å². The van der Waals surface area contributed by atoms with Gasteiger partial charge in [-0.1, -0.05) is 12.8 Å². The van der Waals surface area contributed by atoms with Crippen molar-refractivity contribution in [2.24, 2.45) is 5.92 Å². The van der Waals surface area contributed by atoms with Gasteiger partial charge in [-0.15, -0.1) is 0 Å². The van der Waals surface area contributed by atoms with E-state index in [1.807, 2.05) is 17.0 Å². The maximum atomic E-state index is 13.1. The van der Waals surface area contributed by atoms with Gasteiger partial charge in [-0.05, 0) is 44.2 Å². The molecule has 0 unspecified atom stereocenters.